The number of fused-ring (bicyclic) bond motifs is 1. The molecule has 0 bridgehead atoms. The first-order valence-electron chi connectivity index (χ1n) is 6.77. The van der Waals surface area contributed by atoms with E-state index in [4.69, 9.17) is 0 Å². The molecule has 0 saturated carbocycles. The van der Waals surface area contributed by atoms with E-state index in [1.807, 2.05) is 6.92 Å². The van der Waals surface area contributed by atoms with Crippen molar-refractivity contribution in [2.24, 2.45) is 0 Å². The Morgan fingerprint density at radius 2 is 1.70 bits per heavy atom. The van der Waals surface area contributed by atoms with Crippen molar-refractivity contribution in [3.63, 3.8) is 0 Å². The van der Waals surface area contributed by atoms with Crippen LogP contribution in [0.2, 0.25) is 0 Å². The van der Waals surface area contributed by atoms with Crippen LogP contribution in [0.25, 0.3) is 10.8 Å². The van der Waals surface area contributed by atoms with Gasteiger partial charge >= 0.3 is 0 Å². The highest BCUT2D eigenvalue weighted by Gasteiger charge is 2.10. The number of benzene rings is 2. The van der Waals surface area contributed by atoms with Crippen LogP contribution in [0.15, 0.2) is 54.9 Å². The van der Waals surface area contributed by atoms with Gasteiger partial charge in [0.05, 0.1) is 17.4 Å². The minimum atomic E-state index is 0.130. The summed E-state index contributed by atoms with van der Waals surface area (Å²) in [6.07, 6.45) is 3.46. The molecule has 20 heavy (non-hydrogen) atoms. The Kier molecular flexibility index (Phi) is 3.33. The van der Waals surface area contributed by atoms with Crippen LogP contribution >= 0.6 is 0 Å². The van der Waals surface area contributed by atoms with Gasteiger partial charge < -0.3 is 5.32 Å². The van der Waals surface area contributed by atoms with Gasteiger partial charge in [-0.05, 0) is 36.8 Å². The van der Waals surface area contributed by atoms with Gasteiger partial charge in [-0.25, -0.2) is 0 Å². The molecular weight excluding hydrogens is 246 g/mol. The van der Waals surface area contributed by atoms with Crippen molar-refractivity contribution in [1.29, 1.82) is 0 Å². The van der Waals surface area contributed by atoms with Crippen LogP contribution in [0.3, 0.4) is 0 Å². The van der Waals surface area contributed by atoms with Crippen LogP contribution in [-0.2, 0) is 0 Å². The van der Waals surface area contributed by atoms with Crippen LogP contribution in [0, 0.1) is 6.92 Å². The predicted molar refractivity (Wildman–Crippen MR) is 82.8 cm³/mol. The van der Waals surface area contributed by atoms with Crippen LogP contribution in [0.4, 0.5) is 5.69 Å². The molecule has 1 atom stereocenters. The van der Waals surface area contributed by atoms with Crippen molar-refractivity contribution >= 4 is 16.5 Å². The van der Waals surface area contributed by atoms with Gasteiger partial charge in [0.15, 0.2) is 0 Å². The summed E-state index contributed by atoms with van der Waals surface area (Å²) in [6.45, 7) is 4.09. The number of nitrogens with zero attached hydrogens (tertiary/aromatic N) is 2. The van der Waals surface area contributed by atoms with Gasteiger partial charge in [-0.3, -0.25) is 9.97 Å². The summed E-state index contributed by atoms with van der Waals surface area (Å²) in [5, 5.41) is 5.98. The second kappa shape index (κ2) is 5.29. The molecular formula is C17H17N3. The molecule has 2 aromatic carbocycles. The van der Waals surface area contributed by atoms with Crippen molar-refractivity contribution in [2.75, 3.05) is 5.32 Å². The Morgan fingerprint density at radius 1 is 0.950 bits per heavy atom. The molecule has 1 aromatic heterocycles. The number of anilines is 1. The average Bonchev–Trinajstić information content (AvgIpc) is 2.47. The van der Waals surface area contributed by atoms with Gasteiger partial charge in [0, 0.05) is 18.1 Å². The summed E-state index contributed by atoms with van der Waals surface area (Å²) in [5.41, 5.74) is 3.05. The molecule has 1 heterocycles. The fourth-order valence-corrected chi connectivity index (χ4v) is 2.44. The van der Waals surface area contributed by atoms with Gasteiger partial charge in [-0.1, -0.05) is 30.3 Å². The van der Waals surface area contributed by atoms with Crippen molar-refractivity contribution in [3.05, 3.63) is 66.2 Å². The first-order chi connectivity index (χ1) is 9.74. The minimum Gasteiger partial charge on any atom is -0.377 e. The molecule has 0 aliphatic heterocycles. The van der Waals surface area contributed by atoms with Gasteiger partial charge in [-0.2, -0.15) is 0 Å². The summed E-state index contributed by atoms with van der Waals surface area (Å²) < 4.78 is 0. The predicted octanol–water partition coefficient (Wildman–Crippen LogP) is 4.11. The molecule has 0 spiro atoms. The van der Waals surface area contributed by atoms with E-state index in [2.05, 4.69) is 64.7 Å². The van der Waals surface area contributed by atoms with Gasteiger partial charge in [0.1, 0.15) is 0 Å². The Bertz CT molecular complexity index is 737. The first-order valence-corrected chi connectivity index (χ1v) is 6.77. The second-order valence-corrected chi connectivity index (χ2v) is 4.95. The number of rotatable bonds is 3. The van der Waals surface area contributed by atoms with Gasteiger partial charge in [-0.15, -0.1) is 0 Å². The Labute approximate surface area is 118 Å². The Hall–Kier alpha value is -2.42. The van der Waals surface area contributed by atoms with Crippen molar-refractivity contribution in [1.82, 2.24) is 9.97 Å². The fraction of sp³-hybridized carbons (Fsp3) is 0.176. The van der Waals surface area contributed by atoms with E-state index < -0.39 is 0 Å². The monoisotopic (exact) mass is 263 g/mol. The summed E-state index contributed by atoms with van der Waals surface area (Å²) in [6, 6.07) is 14.9. The van der Waals surface area contributed by atoms with E-state index in [1.54, 1.807) is 12.4 Å². The molecule has 3 rings (SSSR count). The van der Waals surface area contributed by atoms with E-state index in [1.165, 1.54) is 10.8 Å². The zero-order chi connectivity index (χ0) is 13.9. The van der Waals surface area contributed by atoms with Crippen LogP contribution in [0.5, 0.6) is 0 Å². The molecule has 0 aliphatic carbocycles. The average molecular weight is 263 g/mol. The summed E-state index contributed by atoms with van der Waals surface area (Å²) >= 11 is 0. The number of hydrogen-bond donors (Lipinski definition) is 1. The zero-order valence-corrected chi connectivity index (χ0v) is 11.7. The van der Waals surface area contributed by atoms with Crippen molar-refractivity contribution < 1.29 is 0 Å². The zero-order valence-electron chi connectivity index (χ0n) is 11.7. The van der Waals surface area contributed by atoms with E-state index >= 15 is 0 Å². The topological polar surface area (TPSA) is 37.8 Å². The molecule has 1 unspecified atom stereocenters. The normalized spacial score (nSPS) is 12.3. The quantitative estimate of drug-likeness (QED) is 0.772. The van der Waals surface area contributed by atoms with Crippen LogP contribution < -0.4 is 5.32 Å². The van der Waals surface area contributed by atoms with Gasteiger partial charge in [0.25, 0.3) is 0 Å². The fourth-order valence-electron chi connectivity index (χ4n) is 2.44. The first kappa shape index (κ1) is 12.6. The molecule has 0 amide bonds. The van der Waals surface area contributed by atoms with E-state index in [0.717, 1.165) is 17.1 Å². The van der Waals surface area contributed by atoms with Crippen molar-refractivity contribution in [3.8, 4) is 0 Å². The summed E-state index contributed by atoms with van der Waals surface area (Å²) in [4.78, 5) is 8.70. The third-order valence-corrected chi connectivity index (χ3v) is 3.46. The highest BCUT2D eigenvalue weighted by molar-refractivity contribution is 5.85. The summed E-state index contributed by atoms with van der Waals surface area (Å²) in [5.74, 6) is 0. The lowest BCUT2D eigenvalue weighted by atomic mass is 10.1. The molecule has 3 heteroatoms. The molecule has 0 fully saturated rings. The van der Waals surface area contributed by atoms with E-state index in [9.17, 15) is 0 Å². The Morgan fingerprint density at radius 3 is 2.50 bits per heavy atom. The Balaban J connectivity index is 1.87. The second-order valence-electron chi connectivity index (χ2n) is 4.95. The van der Waals surface area contributed by atoms with Crippen LogP contribution in [0.1, 0.15) is 24.4 Å². The molecule has 3 nitrogen and oxygen atoms in total. The minimum absolute atomic E-state index is 0.130. The van der Waals surface area contributed by atoms with E-state index in [0.29, 0.717) is 0 Å². The highest BCUT2D eigenvalue weighted by atomic mass is 15.0. The molecule has 0 aliphatic rings. The standard InChI is InChI=1S/C17H17N3/c1-12-17(19-10-9-18-12)13(2)20-16-8-7-14-5-3-4-6-15(14)11-16/h3-11,13,20H,1-2H3. The lowest BCUT2D eigenvalue weighted by molar-refractivity contribution is 0.810. The maximum atomic E-state index is 4.41. The number of aromatic nitrogens is 2. The number of hydrogen-bond acceptors (Lipinski definition) is 3. The number of aryl methyl sites for hydroxylation is 1. The lowest BCUT2D eigenvalue weighted by Crippen LogP contribution is -2.10. The SMILES string of the molecule is Cc1nccnc1C(C)Nc1ccc2ccccc2c1. The van der Waals surface area contributed by atoms with Gasteiger partial charge in [0.2, 0.25) is 0 Å². The highest BCUT2D eigenvalue weighted by Crippen LogP contribution is 2.23. The largest absolute Gasteiger partial charge is 0.377 e. The van der Waals surface area contributed by atoms with E-state index in [-0.39, 0.29) is 6.04 Å². The molecule has 3 aromatic rings. The maximum Gasteiger partial charge on any atom is 0.0835 e. The lowest BCUT2D eigenvalue weighted by Gasteiger charge is -2.16. The molecule has 100 valence electrons. The molecule has 0 radical (unpaired) electrons. The van der Waals surface area contributed by atoms with Crippen molar-refractivity contribution in [2.45, 2.75) is 19.9 Å². The smallest absolute Gasteiger partial charge is 0.0835 e. The molecule has 0 saturated heterocycles. The third-order valence-electron chi connectivity index (χ3n) is 3.46. The third kappa shape index (κ3) is 2.48. The molecule has 1 N–H and O–H groups in total. The van der Waals surface area contributed by atoms with Crippen LogP contribution in [-0.4, -0.2) is 9.97 Å². The number of nitrogens with one attached hydrogen (secondary N) is 1. The summed E-state index contributed by atoms with van der Waals surface area (Å²) in [7, 11) is 0. The maximum absolute atomic E-state index is 4.41.